The Hall–Kier alpha value is -3.33. The van der Waals surface area contributed by atoms with E-state index in [0.29, 0.717) is 29.6 Å². The number of anilines is 1. The van der Waals surface area contributed by atoms with Crippen molar-refractivity contribution in [3.05, 3.63) is 90.6 Å². The molecule has 3 N–H and O–H groups in total. The van der Waals surface area contributed by atoms with Gasteiger partial charge in [0.15, 0.2) is 0 Å². The van der Waals surface area contributed by atoms with Crippen LogP contribution in [0, 0.1) is 0 Å². The molecule has 33 heavy (non-hydrogen) atoms. The number of ether oxygens (including phenoxy) is 1. The minimum atomic E-state index is -3.64. The second-order valence-corrected chi connectivity index (χ2v) is 10.6. The van der Waals surface area contributed by atoms with Gasteiger partial charge in [-0.3, -0.25) is 4.72 Å². The number of hydrogen-bond donors (Lipinski definition) is 3. The monoisotopic (exact) mass is 477 g/mol. The fourth-order valence-corrected chi connectivity index (χ4v) is 6.14. The second-order valence-electron chi connectivity index (χ2n) is 7.63. The molecule has 2 aromatic heterocycles. The highest BCUT2D eigenvalue weighted by molar-refractivity contribution is 7.94. The van der Waals surface area contributed by atoms with Crippen LogP contribution < -0.4 is 14.8 Å². The maximum atomic E-state index is 12.9. The van der Waals surface area contributed by atoms with Crippen LogP contribution in [0.25, 0.3) is 21.0 Å². The van der Waals surface area contributed by atoms with Crippen LogP contribution in [0.3, 0.4) is 0 Å². The Morgan fingerprint density at radius 3 is 2.73 bits per heavy atom. The number of thiophene rings is 1. The Kier molecular flexibility index (Phi) is 6.04. The molecule has 3 aromatic carbocycles. The lowest BCUT2D eigenvalue weighted by atomic mass is 10.2. The van der Waals surface area contributed by atoms with E-state index in [0.717, 1.165) is 32.3 Å². The fraction of sp³-hybridized carbons (Fsp3) is 0.120. The summed E-state index contributed by atoms with van der Waals surface area (Å²) in [4.78, 5) is 3.18. The van der Waals surface area contributed by atoms with Gasteiger partial charge in [-0.2, -0.15) is 0 Å². The smallest absolute Gasteiger partial charge is 0.271 e. The third-order valence-corrected chi connectivity index (χ3v) is 8.24. The molecule has 5 rings (SSSR count). The van der Waals surface area contributed by atoms with Crippen molar-refractivity contribution < 1.29 is 13.2 Å². The van der Waals surface area contributed by atoms with E-state index in [4.69, 9.17) is 4.74 Å². The SMILES string of the molecule is O=S(=O)(Nc1cccc(CNCCOc2cccc3[nH]ccc23)c1)c1cc2ccccc2s1. The molecule has 168 valence electrons. The largest absolute Gasteiger partial charge is 0.492 e. The third kappa shape index (κ3) is 4.88. The predicted molar refractivity (Wildman–Crippen MR) is 135 cm³/mol. The second kappa shape index (κ2) is 9.27. The van der Waals surface area contributed by atoms with Crippen LogP contribution in [-0.4, -0.2) is 26.6 Å². The Labute approximate surface area is 196 Å². The van der Waals surface area contributed by atoms with E-state index in [2.05, 4.69) is 15.0 Å². The van der Waals surface area contributed by atoms with E-state index in [1.807, 2.05) is 72.9 Å². The van der Waals surface area contributed by atoms with Crippen LogP contribution in [-0.2, 0) is 16.6 Å². The lowest BCUT2D eigenvalue weighted by Gasteiger charge is -2.10. The quantitative estimate of drug-likeness (QED) is 0.250. The van der Waals surface area contributed by atoms with Gasteiger partial charge in [0.05, 0.1) is 0 Å². The van der Waals surface area contributed by atoms with Crippen molar-refractivity contribution in [2.75, 3.05) is 17.9 Å². The highest BCUT2D eigenvalue weighted by atomic mass is 32.2. The average Bonchev–Trinajstić information content (AvgIpc) is 3.47. The number of nitrogens with one attached hydrogen (secondary N) is 3. The molecule has 0 atom stereocenters. The van der Waals surface area contributed by atoms with E-state index >= 15 is 0 Å². The first-order valence-electron chi connectivity index (χ1n) is 10.6. The van der Waals surface area contributed by atoms with Crippen molar-refractivity contribution >= 4 is 48.0 Å². The molecule has 0 fully saturated rings. The van der Waals surface area contributed by atoms with Crippen molar-refractivity contribution in [3.63, 3.8) is 0 Å². The Morgan fingerprint density at radius 1 is 0.939 bits per heavy atom. The molecule has 5 aromatic rings. The Balaban J connectivity index is 1.16. The maximum Gasteiger partial charge on any atom is 0.271 e. The molecule has 0 aliphatic carbocycles. The summed E-state index contributed by atoms with van der Waals surface area (Å²) < 4.78 is 35.6. The average molecular weight is 478 g/mol. The summed E-state index contributed by atoms with van der Waals surface area (Å²) >= 11 is 1.27. The number of fused-ring (bicyclic) bond motifs is 2. The highest BCUT2D eigenvalue weighted by Crippen LogP contribution is 2.30. The lowest BCUT2D eigenvalue weighted by Crippen LogP contribution is -2.20. The van der Waals surface area contributed by atoms with Crippen LogP contribution in [0.5, 0.6) is 5.75 Å². The topological polar surface area (TPSA) is 83.2 Å². The van der Waals surface area contributed by atoms with Crippen LogP contribution in [0.15, 0.2) is 89.3 Å². The molecule has 0 spiro atoms. The molecule has 8 heteroatoms. The Morgan fingerprint density at radius 2 is 1.82 bits per heavy atom. The molecular weight excluding hydrogens is 454 g/mol. The Bertz CT molecular complexity index is 1470. The summed E-state index contributed by atoms with van der Waals surface area (Å²) in [6.07, 6.45) is 1.90. The molecule has 2 heterocycles. The summed E-state index contributed by atoms with van der Waals surface area (Å²) in [7, 11) is -3.64. The van der Waals surface area contributed by atoms with Crippen LogP contribution in [0.4, 0.5) is 5.69 Å². The molecule has 0 saturated carbocycles. The van der Waals surface area contributed by atoms with Gasteiger partial charge in [-0.25, -0.2) is 8.42 Å². The van der Waals surface area contributed by atoms with E-state index in [-0.39, 0.29) is 0 Å². The zero-order valence-electron chi connectivity index (χ0n) is 17.7. The van der Waals surface area contributed by atoms with Crippen LogP contribution in [0.1, 0.15) is 5.56 Å². The minimum Gasteiger partial charge on any atom is -0.492 e. The summed E-state index contributed by atoms with van der Waals surface area (Å²) in [6.45, 7) is 1.80. The number of benzene rings is 3. The first kappa shape index (κ1) is 21.5. The molecule has 0 amide bonds. The van der Waals surface area contributed by atoms with Crippen molar-refractivity contribution in [2.24, 2.45) is 0 Å². The first-order valence-corrected chi connectivity index (χ1v) is 12.9. The van der Waals surface area contributed by atoms with Gasteiger partial charge < -0.3 is 15.0 Å². The summed E-state index contributed by atoms with van der Waals surface area (Å²) in [5.74, 6) is 0.855. The number of hydrogen-bond acceptors (Lipinski definition) is 5. The summed E-state index contributed by atoms with van der Waals surface area (Å²) in [6, 6.07) is 24.7. The number of rotatable bonds is 9. The van der Waals surface area contributed by atoms with E-state index in [1.165, 1.54) is 11.3 Å². The molecule has 6 nitrogen and oxygen atoms in total. The lowest BCUT2D eigenvalue weighted by molar-refractivity contribution is 0.317. The molecule has 0 saturated heterocycles. The fourth-order valence-electron chi connectivity index (χ4n) is 3.69. The van der Waals surface area contributed by atoms with E-state index < -0.39 is 10.0 Å². The van der Waals surface area contributed by atoms with Crippen molar-refractivity contribution in [1.82, 2.24) is 10.3 Å². The summed E-state index contributed by atoms with van der Waals surface area (Å²) in [5.41, 5.74) is 2.58. The van der Waals surface area contributed by atoms with E-state index in [1.54, 1.807) is 12.1 Å². The molecule has 0 aliphatic heterocycles. The summed E-state index contributed by atoms with van der Waals surface area (Å²) in [5, 5.41) is 5.34. The molecule has 0 unspecified atom stereocenters. The van der Waals surface area contributed by atoms with Crippen molar-refractivity contribution in [1.29, 1.82) is 0 Å². The zero-order valence-corrected chi connectivity index (χ0v) is 19.4. The first-order chi connectivity index (χ1) is 16.1. The molecule has 0 bridgehead atoms. The van der Waals surface area contributed by atoms with Gasteiger partial charge in [-0.05, 0) is 53.4 Å². The van der Waals surface area contributed by atoms with Gasteiger partial charge in [-0.1, -0.05) is 36.4 Å². The molecule has 0 aliphatic rings. The highest BCUT2D eigenvalue weighted by Gasteiger charge is 2.17. The zero-order chi connectivity index (χ0) is 22.7. The molecule has 0 radical (unpaired) electrons. The minimum absolute atomic E-state index is 0.307. The van der Waals surface area contributed by atoms with Crippen LogP contribution in [0.2, 0.25) is 0 Å². The van der Waals surface area contributed by atoms with Gasteiger partial charge in [0.25, 0.3) is 10.0 Å². The van der Waals surface area contributed by atoms with Gasteiger partial charge in [-0.15, -0.1) is 11.3 Å². The van der Waals surface area contributed by atoms with Gasteiger partial charge in [0.2, 0.25) is 0 Å². The van der Waals surface area contributed by atoms with Gasteiger partial charge in [0, 0.05) is 40.6 Å². The van der Waals surface area contributed by atoms with Crippen molar-refractivity contribution in [2.45, 2.75) is 10.8 Å². The standard InChI is InChI=1S/C25H23N3O3S2/c29-33(30,25-16-19-6-1-2-10-24(19)32-25)28-20-7-3-5-18(15-20)17-26-13-14-31-23-9-4-8-22-21(23)11-12-27-22/h1-12,15-16,26-28H,13-14,17H2. The van der Waals surface area contributed by atoms with Crippen molar-refractivity contribution in [3.8, 4) is 5.75 Å². The van der Waals surface area contributed by atoms with E-state index in [9.17, 15) is 8.42 Å². The third-order valence-electron chi connectivity index (χ3n) is 5.27. The van der Waals surface area contributed by atoms with Gasteiger partial charge in [0.1, 0.15) is 16.6 Å². The number of aromatic amines is 1. The molecular formula is C25H23N3O3S2. The van der Waals surface area contributed by atoms with Gasteiger partial charge >= 0.3 is 0 Å². The number of H-pyrrole nitrogens is 1. The number of aromatic nitrogens is 1. The predicted octanol–water partition coefficient (Wildman–Crippen LogP) is 5.35. The van der Waals surface area contributed by atoms with Crippen LogP contribution >= 0.6 is 11.3 Å². The number of sulfonamides is 1. The normalized spacial score (nSPS) is 11.8. The maximum absolute atomic E-state index is 12.9.